The molecule has 0 aromatic carbocycles. The lowest BCUT2D eigenvalue weighted by Crippen LogP contribution is -2.48. The highest BCUT2D eigenvalue weighted by Gasteiger charge is 2.29. The molecule has 1 aliphatic heterocycles. The van der Waals surface area contributed by atoms with Crippen LogP contribution in [0.3, 0.4) is 0 Å². The van der Waals surface area contributed by atoms with Gasteiger partial charge in [-0.15, -0.1) is 0 Å². The molecule has 1 aliphatic rings. The molecule has 1 N–H and O–H groups in total. The van der Waals surface area contributed by atoms with E-state index >= 15 is 0 Å². The number of nitrogens with one attached hydrogen (secondary N) is 1. The van der Waals surface area contributed by atoms with Gasteiger partial charge in [-0.05, 0) is 38.1 Å². The zero-order valence-corrected chi connectivity index (χ0v) is 12.5. The maximum absolute atomic E-state index is 12.7. The van der Waals surface area contributed by atoms with Crippen LogP contribution in [0.4, 0.5) is 0 Å². The van der Waals surface area contributed by atoms with Gasteiger partial charge in [0.15, 0.2) is 0 Å². The van der Waals surface area contributed by atoms with E-state index in [0.717, 1.165) is 45.3 Å². The number of carbonyl (C=O) groups excluding carboxylic acids is 1. The molecule has 0 bridgehead atoms. The first-order valence-electron chi connectivity index (χ1n) is 7.61. The Bertz CT molecular complexity index is 243. The van der Waals surface area contributed by atoms with Crippen LogP contribution in [0.15, 0.2) is 0 Å². The number of hydrogen-bond donors (Lipinski definition) is 1. The van der Waals surface area contributed by atoms with Gasteiger partial charge in [-0.2, -0.15) is 0 Å². The fourth-order valence-electron chi connectivity index (χ4n) is 2.84. The minimum Gasteiger partial charge on any atom is -0.339 e. The molecule has 1 fully saturated rings. The Morgan fingerprint density at radius 2 is 2.00 bits per heavy atom. The molecule has 1 heterocycles. The molecule has 1 saturated heterocycles. The molecule has 0 saturated carbocycles. The Balaban J connectivity index is 2.70. The summed E-state index contributed by atoms with van der Waals surface area (Å²) in [7, 11) is 0. The van der Waals surface area contributed by atoms with Gasteiger partial charge in [0, 0.05) is 19.1 Å². The molecule has 0 aromatic rings. The number of hydrogen-bond acceptors (Lipinski definition) is 2. The van der Waals surface area contributed by atoms with Crippen molar-refractivity contribution in [3.63, 3.8) is 0 Å². The van der Waals surface area contributed by atoms with E-state index < -0.39 is 0 Å². The second-order valence-corrected chi connectivity index (χ2v) is 5.90. The van der Waals surface area contributed by atoms with Crippen molar-refractivity contribution in [2.75, 3.05) is 19.6 Å². The Morgan fingerprint density at radius 3 is 2.44 bits per heavy atom. The molecule has 1 amide bonds. The first kappa shape index (κ1) is 15.5. The Kier molecular flexibility index (Phi) is 6.69. The topological polar surface area (TPSA) is 32.3 Å². The van der Waals surface area contributed by atoms with Crippen LogP contribution in [0.1, 0.15) is 53.4 Å². The smallest absolute Gasteiger partial charge is 0.227 e. The van der Waals surface area contributed by atoms with Gasteiger partial charge < -0.3 is 10.2 Å². The van der Waals surface area contributed by atoms with E-state index in [4.69, 9.17) is 0 Å². The van der Waals surface area contributed by atoms with E-state index in [1.54, 1.807) is 0 Å². The van der Waals surface area contributed by atoms with Gasteiger partial charge in [-0.3, -0.25) is 4.79 Å². The highest BCUT2D eigenvalue weighted by atomic mass is 16.2. The summed E-state index contributed by atoms with van der Waals surface area (Å²) >= 11 is 0. The Hall–Kier alpha value is -0.570. The lowest BCUT2D eigenvalue weighted by molar-refractivity contribution is -0.139. The minimum absolute atomic E-state index is 0.207. The molecule has 1 rings (SSSR count). The van der Waals surface area contributed by atoms with Crippen LogP contribution >= 0.6 is 0 Å². The zero-order chi connectivity index (χ0) is 13.5. The normalized spacial score (nSPS) is 20.4. The van der Waals surface area contributed by atoms with Crippen molar-refractivity contribution >= 4 is 5.91 Å². The fraction of sp³-hybridized carbons (Fsp3) is 0.933. The highest BCUT2D eigenvalue weighted by Crippen LogP contribution is 2.19. The zero-order valence-electron chi connectivity index (χ0n) is 12.5. The van der Waals surface area contributed by atoms with Crippen molar-refractivity contribution < 1.29 is 4.79 Å². The summed E-state index contributed by atoms with van der Waals surface area (Å²) in [6.45, 7) is 11.6. The lowest BCUT2D eigenvalue weighted by Gasteiger charge is -2.36. The van der Waals surface area contributed by atoms with Crippen molar-refractivity contribution in [2.45, 2.75) is 59.4 Å². The maximum atomic E-state index is 12.7. The van der Waals surface area contributed by atoms with Crippen LogP contribution in [0.2, 0.25) is 0 Å². The summed E-state index contributed by atoms with van der Waals surface area (Å²) in [4.78, 5) is 14.8. The van der Waals surface area contributed by atoms with Crippen LogP contribution in [0, 0.1) is 11.8 Å². The molecular weight excluding hydrogens is 224 g/mol. The number of rotatable bonds is 6. The van der Waals surface area contributed by atoms with Crippen molar-refractivity contribution in [1.29, 1.82) is 0 Å². The molecule has 1 unspecified atom stereocenters. The number of nitrogens with zero attached hydrogens (tertiary/aromatic N) is 1. The van der Waals surface area contributed by atoms with Crippen LogP contribution < -0.4 is 5.32 Å². The molecule has 1 atom stereocenters. The van der Waals surface area contributed by atoms with Crippen LogP contribution in [-0.2, 0) is 4.79 Å². The molecule has 0 spiro atoms. The molecule has 3 heteroatoms. The minimum atomic E-state index is 0.207. The first-order valence-corrected chi connectivity index (χ1v) is 7.61. The largest absolute Gasteiger partial charge is 0.339 e. The molecule has 0 radical (unpaired) electrons. The summed E-state index contributed by atoms with van der Waals surface area (Å²) in [6.07, 6.45) is 4.32. The fourth-order valence-corrected chi connectivity index (χ4v) is 2.84. The second-order valence-electron chi connectivity index (χ2n) is 5.90. The first-order chi connectivity index (χ1) is 8.60. The number of amides is 1. The molecule has 18 heavy (non-hydrogen) atoms. The molecule has 0 aromatic heterocycles. The molecular formula is C15H30N2O. The van der Waals surface area contributed by atoms with Crippen molar-refractivity contribution in [3.05, 3.63) is 0 Å². The third kappa shape index (κ3) is 4.27. The monoisotopic (exact) mass is 254 g/mol. The van der Waals surface area contributed by atoms with Crippen LogP contribution in [-0.4, -0.2) is 36.5 Å². The summed E-state index contributed by atoms with van der Waals surface area (Å²) in [5.41, 5.74) is 0. The summed E-state index contributed by atoms with van der Waals surface area (Å²) in [5.74, 6) is 1.13. The van der Waals surface area contributed by atoms with Gasteiger partial charge in [0.1, 0.15) is 0 Å². The van der Waals surface area contributed by atoms with E-state index in [-0.39, 0.29) is 5.92 Å². The molecule has 106 valence electrons. The highest BCUT2D eigenvalue weighted by molar-refractivity contribution is 5.79. The third-order valence-corrected chi connectivity index (χ3v) is 3.87. The predicted octanol–water partition coefficient (Wildman–Crippen LogP) is 2.66. The maximum Gasteiger partial charge on any atom is 0.227 e. The quantitative estimate of drug-likeness (QED) is 0.790. The molecule has 0 aliphatic carbocycles. The third-order valence-electron chi connectivity index (χ3n) is 3.87. The Morgan fingerprint density at radius 1 is 1.33 bits per heavy atom. The van der Waals surface area contributed by atoms with Gasteiger partial charge >= 0.3 is 0 Å². The number of piperidine rings is 1. The molecule has 3 nitrogen and oxygen atoms in total. The van der Waals surface area contributed by atoms with Crippen LogP contribution in [0.25, 0.3) is 0 Å². The van der Waals surface area contributed by atoms with Crippen molar-refractivity contribution in [1.82, 2.24) is 10.2 Å². The second kappa shape index (κ2) is 7.78. The van der Waals surface area contributed by atoms with E-state index in [9.17, 15) is 4.79 Å². The summed E-state index contributed by atoms with van der Waals surface area (Å²) < 4.78 is 0. The van der Waals surface area contributed by atoms with Gasteiger partial charge in [0.05, 0.1) is 5.92 Å². The SMILES string of the molecule is CCC(CC)N(CC(C)C)C(=O)C1CCCNC1. The average Bonchev–Trinajstić information content (AvgIpc) is 2.38. The average molecular weight is 254 g/mol. The van der Waals surface area contributed by atoms with E-state index in [0.29, 0.717) is 17.9 Å². The van der Waals surface area contributed by atoms with Gasteiger partial charge in [0.25, 0.3) is 0 Å². The van der Waals surface area contributed by atoms with E-state index in [1.165, 1.54) is 0 Å². The van der Waals surface area contributed by atoms with E-state index in [1.807, 2.05) is 0 Å². The Labute approximate surface area is 112 Å². The standard InChI is InChI=1S/C15H30N2O/c1-5-14(6-2)17(11-12(3)4)15(18)13-8-7-9-16-10-13/h12-14,16H,5-11H2,1-4H3. The van der Waals surface area contributed by atoms with Gasteiger partial charge in [-0.25, -0.2) is 0 Å². The van der Waals surface area contributed by atoms with Gasteiger partial charge in [0.2, 0.25) is 5.91 Å². The number of carbonyl (C=O) groups is 1. The lowest BCUT2D eigenvalue weighted by atomic mass is 9.96. The van der Waals surface area contributed by atoms with Crippen molar-refractivity contribution in [3.8, 4) is 0 Å². The van der Waals surface area contributed by atoms with E-state index in [2.05, 4.69) is 37.9 Å². The van der Waals surface area contributed by atoms with Crippen LogP contribution in [0.5, 0.6) is 0 Å². The van der Waals surface area contributed by atoms with Crippen molar-refractivity contribution in [2.24, 2.45) is 11.8 Å². The summed E-state index contributed by atoms with van der Waals surface area (Å²) in [6, 6.07) is 0.418. The summed E-state index contributed by atoms with van der Waals surface area (Å²) in [5, 5.41) is 3.35. The van der Waals surface area contributed by atoms with Gasteiger partial charge in [-0.1, -0.05) is 27.7 Å². The predicted molar refractivity (Wildman–Crippen MR) is 76.5 cm³/mol.